The van der Waals surface area contributed by atoms with Gasteiger partial charge in [-0.15, -0.1) is 0 Å². The minimum atomic E-state index is 0.452. The van der Waals surface area contributed by atoms with Crippen molar-refractivity contribution in [2.24, 2.45) is 5.92 Å². The first kappa shape index (κ1) is 14.5. The molecule has 0 radical (unpaired) electrons. The van der Waals surface area contributed by atoms with Crippen molar-refractivity contribution in [1.29, 1.82) is 0 Å². The molecule has 1 unspecified atom stereocenters. The van der Waals surface area contributed by atoms with E-state index in [9.17, 15) is 0 Å². The number of nitrogens with zero attached hydrogens (tertiary/aromatic N) is 1. The van der Waals surface area contributed by atoms with Crippen LogP contribution in [-0.4, -0.2) is 11.5 Å². The Hall–Kier alpha value is -1.41. The number of aromatic nitrogens is 1. The summed E-state index contributed by atoms with van der Waals surface area (Å²) in [5, 5.41) is 4.90. The van der Waals surface area contributed by atoms with Gasteiger partial charge in [-0.1, -0.05) is 50.8 Å². The average Bonchev–Trinajstić information content (AvgIpc) is 3.04. The molecule has 0 amide bonds. The zero-order valence-electron chi connectivity index (χ0n) is 13.0. The third kappa shape index (κ3) is 3.62. The molecule has 1 fully saturated rings. The van der Waals surface area contributed by atoms with Gasteiger partial charge in [0, 0.05) is 17.6 Å². The van der Waals surface area contributed by atoms with Crippen molar-refractivity contribution in [2.45, 2.75) is 51.5 Å². The molecule has 112 valence electrons. The Balaban J connectivity index is 1.74. The van der Waals surface area contributed by atoms with E-state index in [0.29, 0.717) is 6.04 Å². The fraction of sp³-hybridized carbons (Fsp3) is 0.526. The second-order valence-corrected chi connectivity index (χ2v) is 6.30. The van der Waals surface area contributed by atoms with Crippen molar-refractivity contribution >= 4 is 10.9 Å². The molecule has 0 aliphatic heterocycles. The number of pyridine rings is 1. The highest BCUT2D eigenvalue weighted by Gasteiger charge is 2.18. The lowest BCUT2D eigenvalue weighted by atomic mass is 9.95. The Morgan fingerprint density at radius 1 is 1.24 bits per heavy atom. The molecule has 1 aromatic heterocycles. The van der Waals surface area contributed by atoms with E-state index in [0.717, 1.165) is 18.0 Å². The maximum absolute atomic E-state index is 4.62. The van der Waals surface area contributed by atoms with E-state index >= 15 is 0 Å². The molecule has 0 bridgehead atoms. The normalized spacial score (nSPS) is 17.4. The van der Waals surface area contributed by atoms with Crippen LogP contribution in [0.4, 0.5) is 0 Å². The molecule has 21 heavy (non-hydrogen) atoms. The molecule has 0 spiro atoms. The summed E-state index contributed by atoms with van der Waals surface area (Å²) in [6, 6.07) is 11.1. The van der Waals surface area contributed by atoms with Gasteiger partial charge in [-0.2, -0.15) is 0 Å². The van der Waals surface area contributed by atoms with E-state index in [4.69, 9.17) is 0 Å². The van der Waals surface area contributed by atoms with E-state index in [2.05, 4.69) is 53.8 Å². The number of hydrogen-bond donors (Lipinski definition) is 1. The van der Waals surface area contributed by atoms with E-state index in [1.165, 1.54) is 49.5 Å². The summed E-state index contributed by atoms with van der Waals surface area (Å²) in [5.74, 6) is 0.958. The van der Waals surface area contributed by atoms with Crippen molar-refractivity contribution in [3.05, 3.63) is 42.1 Å². The smallest absolute Gasteiger partial charge is 0.0702 e. The van der Waals surface area contributed by atoms with Crippen LogP contribution in [0.3, 0.4) is 0 Å². The third-order valence-electron chi connectivity index (χ3n) is 4.80. The Morgan fingerprint density at radius 3 is 2.86 bits per heavy atom. The van der Waals surface area contributed by atoms with E-state index < -0.39 is 0 Å². The van der Waals surface area contributed by atoms with Gasteiger partial charge < -0.3 is 5.32 Å². The maximum atomic E-state index is 4.62. The summed E-state index contributed by atoms with van der Waals surface area (Å²) in [5.41, 5.74) is 2.43. The van der Waals surface area contributed by atoms with Gasteiger partial charge in [0.15, 0.2) is 0 Å². The summed E-state index contributed by atoms with van der Waals surface area (Å²) in [7, 11) is 0. The standard InChI is InChI=1S/C19H26N2/c1-2-20-19(12-11-15-7-3-4-8-15)17-13-16-9-5-6-10-18(16)21-14-17/h5-6,9-10,13-15,19-20H,2-4,7-8,11-12H2,1H3. The Bertz CT molecular complexity index is 573. The second-order valence-electron chi connectivity index (χ2n) is 6.30. The lowest BCUT2D eigenvalue weighted by Crippen LogP contribution is -2.21. The summed E-state index contributed by atoms with van der Waals surface area (Å²) >= 11 is 0. The first-order valence-corrected chi connectivity index (χ1v) is 8.45. The maximum Gasteiger partial charge on any atom is 0.0702 e. The van der Waals surface area contributed by atoms with Crippen LogP contribution >= 0.6 is 0 Å². The second kappa shape index (κ2) is 7.04. The number of hydrogen-bond acceptors (Lipinski definition) is 2. The van der Waals surface area contributed by atoms with Crippen molar-refractivity contribution in [3.63, 3.8) is 0 Å². The van der Waals surface area contributed by atoms with Crippen LogP contribution in [0.25, 0.3) is 10.9 Å². The quantitative estimate of drug-likeness (QED) is 0.818. The number of rotatable bonds is 6. The predicted molar refractivity (Wildman–Crippen MR) is 89.4 cm³/mol. The summed E-state index contributed by atoms with van der Waals surface area (Å²) in [6.07, 6.45) is 10.4. The topological polar surface area (TPSA) is 24.9 Å². The molecule has 1 aromatic carbocycles. The lowest BCUT2D eigenvalue weighted by Gasteiger charge is -2.20. The predicted octanol–water partition coefficient (Wildman–Crippen LogP) is 4.86. The summed E-state index contributed by atoms with van der Waals surface area (Å²) in [6.45, 7) is 3.21. The molecule has 1 aliphatic rings. The fourth-order valence-electron chi connectivity index (χ4n) is 3.61. The SMILES string of the molecule is CCNC(CCC1CCCC1)c1cnc2ccccc2c1. The molecular formula is C19H26N2. The molecule has 3 rings (SSSR count). The van der Waals surface area contributed by atoms with Crippen LogP contribution in [-0.2, 0) is 0 Å². The Morgan fingerprint density at radius 2 is 2.05 bits per heavy atom. The first-order valence-electron chi connectivity index (χ1n) is 8.45. The van der Waals surface area contributed by atoms with Crippen LogP contribution in [0.15, 0.2) is 36.5 Å². The lowest BCUT2D eigenvalue weighted by molar-refractivity contribution is 0.416. The van der Waals surface area contributed by atoms with Crippen LogP contribution < -0.4 is 5.32 Å². The number of para-hydroxylation sites is 1. The van der Waals surface area contributed by atoms with Crippen molar-refractivity contribution < 1.29 is 0 Å². The molecule has 1 atom stereocenters. The molecule has 2 nitrogen and oxygen atoms in total. The van der Waals surface area contributed by atoms with Gasteiger partial charge in [-0.05, 0) is 43.0 Å². The minimum absolute atomic E-state index is 0.452. The molecule has 1 saturated carbocycles. The monoisotopic (exact) mass is 282 g/mol. The van der Waals surface area contributed by atoms with Crippen LogP contribution in [0, 0.1) is 5.92 Å². The molecule has 2 heteroatoms. The van der Waals surface area contributed by atoms with Crippen LogP contribution in [0.5, 0.6) is 0 Å². The van der Waals surface area contributed by atoms with Gasteiger partial charge in [-0.3, -0.25) is 4.98 Å². The molecule has 1 heterocycles. The van der Waals surface area contributed by atoms with Gasteiger partial charge in [-0.25, -0.2) is 0 Å². The van der Waals surface area contributed by atoms with E-state index in [-0.39, 0.29) is 0 Å². The summed E-state index contributed by atoms with van der Waals surface area (Å²) in [4.78, 5) is 4.62. The fourth-order valence-corrected chi connectivity index (χ4v) is 3.61. The van der Waals surface area contributed by atoms with Gasteiger partial charge in [0.2, 0.25) is 0 Å². The summed E-state index contributed by atoms with van der Waals surface area (Å²) < 4.78 is 0. The molecule has 2 aromatic rings. The van der Waals surface area contributed by atoms with Crippen molar-refractivity contribution in [2.75, 3.05) is 6.54 Å². The highest BCUT2D eigenvalue weighted by Crippen LogP contribution is 2.31. The number of benzene rings is 1. The van der Waals surface area contributed by atoms with E-state index in [1.807, 2.05) is 0 Å². The highest BCUT2D eigenvalue weighted by atomic mass is 14.9. The molecule has 1 aliphatic carbocycles. The average molecular weight is 282 g/mol. The number of fused-ring (bicyclic) bond motifs is 1. The van der Waals surface area contributed by atoms with Crippen molar-refractivity contribution in [1.82, 2.24) is 10.3 Å². The van der Waals surface area contributed by atoms with Gasteiger partial charge in [0.1, 0.15) is 0 Å². The third-order valence-corrected chi connectivity index (χ3v) is 4.80. The first-order chi connectivity index (χ1) is 10.4. The molecule has 1 N–H and O–H groups in total. The Labute approximate surface area is 128 Å². The van der Waals surface area contributed by atoms with Gasteiger partial charge in [0.25, 0.3) is 0 Å². The zero-order chi connectivity index (χ0) is 14.5. The zero-order valence-corrected chi connectivity index (χ0v) is 13.0. The minimum Gasteiger partial charge on any atom is -0.310 e. The molecular weight excluding hydrogens is 256 g/mol. The molecule has 0 saturated heterocycles. The largest absolute Gasteiger partial charge is 0.310 e. The van der Waals surface area contributed by atoms with Gasteiger partial charge in [0.05, 0.1) is 5.52 Å². The van der Waals surface area contributed by atoms with Crippen LogP contribution in [0.1, 0.15) is 57.1 Å². The van der Waals surface area contributed by atoms with E-state index in [1.54, 1.807) is 0 Å². The van der Waals surface area contributed by atoms with Crippen LogP contribution in [0.2, 0.25) is 0 Å². The van der Waals surface area contributed by atoms with Gasteiger partial charge >= 0.3 is 0 Å². The highest BCUT2D eigenvalue weighted by molar-refractivity contribution is 5.78. The number of nitrogens with one attached hydrogen (secondary N) is 1. The van der Waals surface area contributed by atoms with Crippen molar-refractivity contribution in [3.8, 4) is 0 Å². The Kier molecular flexibility index (Phi) is 4.87.